The number of piperazine rings is 2. The largest absolute Gasteiger partial charge is 0.352 e. The Labute approximate surface area is 157 Å². The second kappa shape index (κ2) is 6.47. The third-order valence-corrected chi connectivity index (χ3v) is 5.43. The third kappa shape index (κ3) is 2.90. The molecule has 1 aromatic rings. The molecule has 0 aliphatic carbocycles. The topological polar surface area (TPSA) is 98.7 Å². The summed E-state index contributed by atoms with van der Waals surface area (Å²) in [4.78, 5) is 51.6. The Kier molecular flexibility index (Phi) is 4.24. The van der Waals surface area contributed by atoms with Crippen LogP contribution in [0.2, 0.25) is 0 Å². The molecule has 4 heterocycles. The summed E-state index contributed by atoms with van der Waals surface area (Å²) >= 11 is 0. The number of anilines is 1. The molecular formula is C18H24N6O3. The van der Waals surface area contributed by atoms with Gasteiger partial charge in [0.05, 0.1) is 6.54 Å². The Hall–Kier alpha value is -2.71. The molecule has 0 spiro atoms. The van der Waals surface area contributed by atoms with Crippen molar-refractivity contribution in [2.24, 2.45) is 0 Å². The fourth-order valence-corrected chi connectivity index (χ4v) is 3.92. The second-order valence-electron chi connectivity index (χ2n) is 7.64. The number of nitrogens with one attached hydrogen (secondary N) is 1. The van der Waals surface area contributed by atoms with Crippen LogP contribution in [0.5, 0.6) is 0 Å². The van der Waals surface area contributed by atoms with Gasteiger partial charge in [-0.15, -0.1) is 0 Å². The predicted octanol–water partition coefficient (Wildman–Crippen LogP) is -0.625. The maximum atomic E-state index is 12.6. The van der Waals surface area contributed by atoms with E-state index in [4.69, 9.17) is 4.98 Å². The van der Waals surface area contributed by atoms with E-state index in [2.05, 4.69) is 10.3 Å². The molecule has 0 radical (unpaired) electrons. The summed E-state index contributed by atoms with van der Waals surface area (Å²) in [6, 6.07) is -0.504. The van der Waals surface area contributed by atoms with Crippen molar-refractivity contribution in [3.8, 4) is 0 Å². The van der Waals surface area contributed by atoms with Crippen LogP contribution in [0.4, 0.5) is 5.82 Å². The molecule has 1 atom stereocenters. The first-order chi connectivity index (χ1) is 12.9. The number of amides is 3. The number of likely N-dealkylation sites (N-methyl/N-ethyl adjacent to an activating group) is 1. The van der Waals surface area contributed by atoms with Crippen LogP contribution in [0.15, 0.2) is 0 Å². The average molecular weight is 372 g/mol. The summed E-state index contributed by atoms with van der Waals surface area (Å²) in [5, 5.41) is 2.84. The zero-order valence-electron chi connectivity index (χ0n) is 15.9. The van der Waals surface area contributed by atoms with Gasteiger partial charge in [-0.25, -0.2) is 9.97 Å². The normalized spacial score (nSPS) is 22.7. The van der Waals surface area contributed by atoms with Crippen LogP contribution in [0.25, 0.3) is 0 Å². The zero-order chi connectivity index (χ0) is 19.3. The van der Waals surface area contributed by atoms with Gasteiger partial charge >= 0.3 is 0 Å². The van der Waals surface area contributed by atoms with Gasteiger partial charge in [0.1, 0.15) is 23.4 Å². The molecule has 0 aromatic carbocycles. The van der Waals surface area contributed by atoms with Crippen LogP contribution < -0.4 is 10.2 Å². The molecule has 1 N–H and O–H groups in total. The highest BCUT2D eigenvalue weighted by atomic mass is 16.2. The van der Waals surface area contributed by atoms with E-state index < -0.39 is 6.04 Å². The molecule has 4 rings (SSSR count). The molecule has 2 fully saturated rings. The molecular weight excluding hydrogens is 348 g/mol. The van der Waals surface area contributed by atoms with E-state index in [-0.39, 0.29) is 30.2 Å². The molecule has 1 aromatic heterocycles. The Morgan fingerprint density at radius 1 is 1.15 bits per heavy atom. The minimum absolute atomic E-state index is 0.0197. The molecule has 9 heteroatoms. The van der Waals surface area contributed by atoms with Gasteiger partial charge < -0.3 is 20.0 Å². The summed E-state index contributed by atoms with van der Waals surface area (Å²) in [5.74, 6) is 1.18. The first-order valence-electron chi connectivity index (χ1n) is 9.35. The number of nitrogens with zero attached hydrogens (tertiary/aromatic N) is 5. The van der Waals surface area contributed by atoms with Crippen molar-refractivity contribution in [3.63, 3.8) is 0 Å². The fraction of sp³-hybridized carbons (Fsp3) is 0.611. The quantitative estimate of drug-likeness (QED) is 0.743. The maximum Gasteiger partial charge on any atom is 0.270 e. The Balaban J connectivity index is 1.72. The number of aromatic nitrogens is 2. The number of fused-ring (bicyclic) bond motifs is 2. The maximum absolute atomic E-state index is 12.6. The fourth-order valence-electron chi connectivity index (χ4n) is 3.92. The number of rotatable bonds is 2. The van der Waals surface area contributed by atoms with E-state index in [1.165, 1.54) is 4.90 Å². The van der Waals surface area contributed by atoms with Gasteiger partial charge in [0, 0.05) is 44.7 Å². The van der Waals surface area contributed by atoms with E-state index in [0.717, 1.165) is 11.4 Å². The lowest BCUT2D eigenvalue weighted by atomic mass is 10.0. The van der Waals surface area contributed by atoms with Crippen molar-refractivity contribution in [3.05, 3.63) is 17.1 Å². The van der Waals surface area contributed by atoms with Crippen molar-refractivity contribution in [2.45, 2.75) is 32.2 Å². The summed E-state index contributed by atoms with van der Waals surface area (Å²) in [6.45, 7) is 6.11. The van der Waals surface area contributed by atoms with Gasteiger partial charge in [-0.1, -0.05) is 13.8 Å². The predicted molar refractivity (Wildman–Crippen MR) is 97.5 cm³/mol. The molecule has 1 unspecified atom stereocenters. The minimum atomic E-state index is -0.504. The molecule has 27 heavy (non-hydrogen) atoms. The summed E-state index contributed by atoms with van der Waals surface area (Å²) in [5.41, 5.74) is 1.26. The average Bonchev–Trinajstić information content (AvgIpc) is 2.65. The van der Waals surface area contributed by atoms with Crippen molar-refractivity contribution in [2.75, 3.05) is 44.7 Å². The molecule has 144 valence electrons. The zero-order valence-corrected chi connectivity index (χ0v) is 15.9. The van der Waals surface area contributed by atoms with Crippen LogP contribution in [-0.2, 0) is 16.0 Å². The van der Waals surface area contributed by atoms with Crippen molar-refractivity contribution < 1.29 is 14.4 Å². The van der Waals surface area contributed by atoms with Crippen molar-refractivity contribution >= 4 is 23.5 Å². The molecule has 0 bridgehead atoms. The smallest absolute Gasteiger partial charge is 0.270 e. The summed E-state index contributed by atoms with van der Waals surface area (Å²) in [7, 11) is 1.66. The van der Waals surface area contributed by atoms with Crippen LogP contribution in [0.1, 0.15) is 41.6 Å². The summed E-state index contributed by atoms with van der Waals surface area (Å²) < 4.78 is 0. The lowest BCUT2D eigenvalue weighted by Gasteiger charge is -2.46. The third-order valence-electron chi connectivity index (χ3n) is 5.43. The van der Waals surface area contributed by atoms with Gasteiger partial charge in [-0.3, -0.25) is 14.4 Å². The van der Waals surface area contributed by atoms with Gasteiger partial charge in [-0.2, -0.15) is 0 Å². The number of carbonyl (C=O) groups is 3. The Morgan fingerprint density at radius 3 is 2.67 bits per heavy atom. The van der Waals surface area contributed by atoms with Crippen LogP contribution in [-0.4, -0.2) is 83.3 Å². The van der Waals surface area contributed by atoms with Crippen LogP contribution in [0, 0.1) is 0 Å². The minimum Gasteiger partial charge on any atom is -0.352 e. The molecule has 3 amide bonds. The molecule has 0 saturated carbocycles. The number of hydrogen-bond donors (Lipinski definition) is 1. The molecule has 3 aliphatic heterocycles. The molecule has 2 saturated heterocycles. The van der Waals surface area contributed by atoms with E-state index >= 15 is 0 Å². The van der Waals surface area contributed by atoms with Gasteiger partial charge in [0.15, 0.2) is 0 Å². The lowest BCUT2D eigenvalue weighted by molar-refractivity contribution is -0.154. The molecule has 9 nitrogen and oxygen atoms in total. The lowest BCUT2D eigenvalue weighted by Crippen LogP contribution is -2.66. The SMILES string of the molecule is CC(C)c1nc2c(c(N3CCN4C(=O)CN(C)C(=O)C4C3)n1)CCNC2=O. The van der Waals surface area contributed by atoms with Crippen molar-refractivity contribution in [1.29, 1.82) is 0 Å². The first kappa shape index (κ1) is 17.7. The highest BCUT2D eigenvalue weighted by Gasteiger charge is 2.42. The first-order valence-corrected chi connectivity index (χ1v) is 9.35. The highest BCUT2D eigenvalue weighted by molar-refractivity contribution is 5.97. The van der Waals surface area contributed by atoms with Crippen molar-refractivity contribution in [1.82, 2.24) is 25.1 Å². The Morgan fingerprint density at radius 2 is 1.93 bits per heavy atom. The van der Waals surface area contributed by atoms with E-state index in [0.29, 0.717) is 44.1 Å². The highest BCUT2D eigenvalue weighted by Crippen LogP contribution is 2.29. The number of carbonyl (C=O) groups excluding carboxylic acids is 3. The van der Waals surface area contributed by atoms with E-state index in [1.54, 1.807) is 11.9 Å². The monoisotopic (exact) mass is 372 g/mol. The van der Waals surface area contributed by atoms with E-state index in [9.17, 15) is 14.4 Å². The second-order valence-corrected chi connectivity index (χ2v) is 7.64. The Bertz CT molecular complexity index is 824. The van der Waals surface area contributed by atoms with Gasteiger partial charge in [-0.05, 0) is 6.42 Å². The van der Waals surface area contributed by atoms with E-state index in [1.807, 2.05) is 18.7 Å². The van der Waals surface area contributed by atoms with Gasteiger partial charge in [0.2, 0.25) is 11.8 Å². The number of hydrogen-bond acceptors (Lipinski definition) is 6. The standard InChI is InChI=1S/C18H24N6O3/c1-10(2)15-20-14-11(4-5-19-17(14)26)16(21-15)23-6-7-24-12(8-23)18(27)22(3)9-13(24)25/h10,12H,4-9H2,1-3H3,(H,19,26). The molecule has 3 aliphatic rings. The van der Waals surface area contributed by atoms with Crippen LogP contribution >= 0.6 is 0 Å². The van der Waals surface area contributed by atoms with Crippen LogP contribution in [0.3, 0.4) is 0 Å². The van der Waals surface area contributed by atoms with Gasteiger partial charge in [0.25, 0.3) is 5.91 Å². The summed E-state index contributed by atoms with van der Waals surface area (Å²) in [6.07, 6.45) is 0.659.